The number of hydrogen-bond acceptors (Lipinski definition) is 3. The summed E-state index contributed by atoms with van der Waals surface area (Å²) >= 11 is 0. The van der Waals surface area contributed by atoms with Crippen LogP contribution in [-0.2, 0) is 9.57 Å². The topological polar surface area (TPSA) is 30.8 Å². The molecule has 0 radical (unpaired) electrons. The molecule has 0 atom stereocenters. The van der Waals surface area contributed by atoms with E-state index >= 15 is 0 Å². The summed E-state index contributed by atoms with van der Waals surface area (Å²) in [6, 6.07) is 0. The van der Waals surface area contributed by atoms with E-state index < -0.39 is 0 Å². The smallest absolute Gasteiger partial charge is 0.106 e. The summed E-state index contributed by atoms with van der Waals surface area (Å²) in [5.41, 5.74) is 1.12. The van der Waals surface area contributed by atoms with Gasteiger partial charge in [-0.3, -0.25) is 0 Å². The fourth-order valence-corrected chi connectivity index (χ4v) is 1.02. The number of hydrogen-bond donors (Lipinski definition) is 0. The van der Waals surface area contributed by atoms with Crippen LogP contribution in [-0.4, -0.2) is 26.0 Å². The molecule has 1 fully saturated rings. The van der Waals surface area contributed by atoms with Gasteiger partial charge in [0, 0.05) is 13.0 Å². The molecule has 0 aliphatic carbocycles. The fraction of sp³-hybridized carbons (Fsp3) is 0.857. The Balaban J connectivity index is 2.35. The normalized spacial score (nSPS) is 24.3. The second-order valence-electron chi connectivity index (χ2n) is 2.31. The molecule has 0 N–H and O–H groups in total. The van der Waals surface area contributed by atoms with Crippen LogP contribution < -0.4 is 0 Å². The first kappa shape index (κ1) is 7.54. The van der Waals surface area contributed by atoms with Gasteiger partial charge in [-0.1, -0.05) is 5.16 Å². The van der Waals surface area contributed by atoms with E-state index in [2.05, 4.69) is 9.99 Å². The van der Waals surface area contributed by atoms with E-state index in [0.29, 0.717) is 0 Å². The van der Waals surface area contributed by atoms with Crippen LogP contribution in [0.1, 0.15) is 19.3 Å². The first-order chi connectivity index (χ1) is 4.93. The van der Waals surface area contributed by atoms with E-state index in [1.165, 1.54) is 0 Å². The van der Waals surface area contributed by atoms with Crippen molar-refractivity contribution in [2.24, 2.45) is 5.16 Å². The van der Waals surface area contributed by atoms with Crippen LogP contribution in [0.3, 0.4) is 0 Å². The van der Waals surface area contributed by atoms with Gasteiger partial charge < -0.3 is 9.57 Å². The van der Waals surface area contributed by atoms with Crippen molar-refractivity contribution in [1.82, 2.24) is 0 Å². The maximum atomic E-state index is 5.23. The third-order valence-corrected chi connectivity index (χ3v) is 1.51. The third-order valence-electron chi connectivity index (χ3n) is 1.51. The van der Waals surface area contributed by atoms with Gasteiger partial charge in [0.25, 0.3) is 0 Å². The molecule has 0 aromatic rings. The van der Waals surface area contributed by atoms with E-state index in [9.17, 15) is 0 Å². The molecule has 0 saturated carbocycles. The summed E-state index contributed by atoms with van der Waals surface area (Å²) in [5, 5.41) is 3.88. The van der Waals surface area contributed by atoms with Crippen LogP contribution in [0.25, 0.3) is 0 Å². The van der Waals surface area contributed by atoms with Crippen molar-refractivity contribution in [1.29, 1.82) is 0 Å². The molecule has 3 nitrogen and oxygen atoms in total. The molecule has 0 amide bonds. The Bertz CT molecular complexity index is 113. The summed E-state index contributed by atoms with van der Waals surface area (Å²) < 4.78 is 5.23. The highest BCUT2D eigenvalue weighted by Gasteiger charge is 2.05. The molecule has 1 aliphatic heterocycles. The number of ether oxygens (including phenoxy) is 1. The first-order valence-electron chi connectivity index (χ1n) is 3.60. The largest absolute Gasteiger partial charge is 0.399 e. The average molecular weight is 143 g/mol. The van der Waals surface area contributed by atoms with Crippen LogP contribution in [0, 0.1) is 0 Å². The summed E-state index contributed by atoms with van der Waals surface area (Å²) in [6.07, 6.45) is 3.02. The van der Waals surface area contributed by atoms with Crippen LogP contribution in [0.5, 0.6) is 0 Å². The molecule has 1 heterocycles. The monoisotopic (exact) mass is 143 g/mol. The van der Waals surface area contributed by atoms with Gasteiger partial charge in [-0.2, -0.15) is 0 Å². The van der Waals surface area contributed by atoms with Gasteiger partial charge in [-0.15, -0.1) is 0 Å². The minimum atomic E-state index is 0.794. The second kappa shape index (κ2) is 4.28. The zero-order valence-corrected chi connectivity index (χ0v) is 6.30. The Morgan fingerprint density at radius 1 is 1.40 bits per heavy atom. The molecular formula is C7H13NO2. The Morgan fingerprint density at radius 2 is 2.30 bits per heavy atom. The highest BCUT2D eigenvalue weighted by atomic mass is 16.6. The predicted octanol–water partition coefficient (Wildman–Crippen LogP) is 1.19. The van der Waals surface area contributed by atoms with Crippen molar-refractivity contribution in [2.75, 3.05) is 20.3 Å². The van der Waals surface area contributed by atoms with Crippen LogP contribution >= 0.6 is 0 Å². The van der Waals surface area contributed by atoms with E-state index in [0.717, 1.165) is 38.2 Å². The molecule has 1 aliphatic rings. The van der Waals surface area contributed by atoms with Gasteiger partial charge in [0.2, 0.25) is 0 Å². The van der Waals surface area contributed by atoms with Crippen molar-refractivity contribution < 1.29 is 9.57 Å². The number of oxime groups is 1. The summed E-state index contributed by atoms with van der Waals surface area (Å²) in [6.45, 7) is 1.66. The maximum absolute atomic E-state index is 5.23. The average Bonchev–Trinajstić information content (AvgIpc) is 2.17. The Labute approximate surface area is 61.0 Å². The summed E-state index contributed by atoms with van der Waals surface area (Å²) in [7, 11) is 1.58. The van der Waals surface area contributed by atoms with E-state index in [1.807, 2.05) is 0 Å². The molecule has 1 saturated heterocycles. The molecule has 58 valence electrons. The number of nitrogens with zero attached hydrogens (tertiary/aromatic N) is 1. The van der Waals surface area contributed by atoms with Crippen molar-refractivity contribution in [3.05, 3.63) is 0 Å². The molecule has 0 bridgehead atoms. The van der Waals surface area contributed by atoms with Crippen LogP contribution in [0.2, 0.25) is 0 Å². The standard InChI is InChI=1S/C7H13NO2/c1-9-8-7-3-2-5-10-6-4-7/h2-6H2,1H3/b8-7-. The lowest BCUT2D eigenvalue weighted by atomic mass is 10.2. The van der Waals surface area contributed by atoms with Crippen molar-refractivity contribution >= 4 is 5.71 Å². The van der Waals surface area contributed by atoms with Gasteiger partial charge >= 0.3 is 0 Å². The summed E-state index contributed by atoms with van der Waals surface area (Å²) in [4.78, 5) is 4.67. The Kier molecular flexibility index (Phi) is 3.22. The molecule has 1 rings (SSSR count). The van der Waals surface area contributed by atoms with Gasteiger partial charge in [-0.05, 0) is 12.8 Å². The Morgan fingerprint density at radius 3 is 3.10 bits per heavy atom. The van der Waals surface area contributed by atoms with Crippen LogP contribution in [0.4, 0.5) is 0 Å². The molecular weight excluding hydrogens is 130 g/mol. The first-order valence-corrected chi connectivity index (χ1v) is 3.60. The zero-order valence-electron chi connectivity index (χ0n) is 6.30. The lowest BCUT2D eigenvalue weighted by molar-refractivity contribution is 0.146. The van der Waals surface area contributed by atoms with Crippen molar-refractivity contribution in [2.45, 2.75) is 19.3 Å². The van der Waals surface area contributed by atoms with Crippen LogP contribution in [0.15, 0.2) is 5.16 Å². The minimum Gasteiger partial charge on any atom is -0.399 e. The second-order valence-corrected chi connectivity index (χ2v) is 2.31. The lowest BCUT2D eigenvalue weighted by Gasteiger charge is -1.96. The van der Waals surface area contributed by atoms with Gasteiger partial charge in [0.1, 0.15) is 7.11 Å². The van der Waals surface area contributed by atoms with E-state index in [1.54, 1.807) is 7.11 Å². The number of rotatable bonds is 1. The van der Waals surface area contributed by atoms with Gasteiger partial charge in [0.15, 0.2) is 0 Å². The highest BCUT2D eigenvalue weighted by Crippen LogP contribution is 2.04. The molecule has 0 unspecified atom stereocenters. The van der Waals surface area contributed by atoms with Crippen molar-refractivity contribution in [3.8, 4) is 0 Å². The van der Waals surface area contributed by atoms with E-state index in [-0.39, 0.29) is 0 Å². The van der Waals surface area contributed by atoms with Gasteiger partial charge in [-0.25, -0.2) is 0 Å². The highest BCUT2D eigenvalue weighted by molar-refractivity contribution is 5.84. The summed E-state index contributed by atoms with van der Waals surface area (Å²) in [5.74, 6) is 0. The van der Waals surface area contributed by atoms with Crippen molar-refractivity contribution in [3.63, 3.8) is 0 Å². The fourth-order valence-electron chi connectivity index (χ4n) is 1.02. The Hall–Kier alpha value is -0.570. The molecule has 0 aromatic heterocycles. The molecule has 0 aromatic carbocycles. The predicted molar refractivity (Wildman–Crippen MR) is 39.1 cm³/mol. The van der Waals surface area contributed by atoms with E-state index in [4.69, 9.17) is 4.74 Å². The maximum Gasteiger partial charge on any atom is 0.106 e. The quantitative estimate of drug-likeness (QED) is 0.516. The minimum absolute atomic E-state index is 0.794. The molecule has 10 heavy (non-hydrogen) atoms. The zero-order chi connectivity index (χ0) is 7.23. The SMILES string of the molecule is CO/N=C1/CCCOCC1. The molecule has 3 heteroatoms. The third kappa shape index (κ3) is 2.35. The lowest BCUT2D eigenvalue weighted by Crippen LogP contribution is -1.98. The molecule has 0 spiro atoms. The van der Waals surface area contributed by atoms with Gasteiger partial charge in [0.05, 0.1) is 12.3 Å².